The molecule has 0 bridgehead atoms. The molecule has 2 heterocycles. The van der Waals surface area contributed by atoms with Crippen molar-refractivity contribution in [3.63, 3.8) is 0 Å². The molecule has 166 valence electrons. The number of aryl methyl sites for hydroxylation is 1. The molecular formula is C26H18N4O4. The van der Waals surface area contributed by atoms with Crippen LogP contribution in [0.1, 0.15) is 21.9 Å². The first-order valence-corrected chi connectivity index (χ1v) is 10.5. The van der Waals surface area contributed by atoms with Crippen molar-refractivity contribution in [3.05, 3.63) is 89.9 Å². The summed E-state index contributed by atoms with van der Waals surface area (Å²) in [5, 5.41) is 12.5. The molecule has 34 heavy (non-hydrogen) atoms. The number of esters is 1. The first-order valence-electron chi connectivity index (χ1n) is 10.5. The van der Waals surface area contributed by atoms with E-state index in [1.54, 1.807) is 42.5 Å². The lowest BCUT2D eigenvalue weighted by Gasteiger charge is -2.08. The van der Waals surface area contributed by atoms with Gasteiger partial charge in [-0.25, -0.2) is 9.78 Å². The van der Waals surface area contributed by atoms with Gasteiger partial charge in [-0.2, -0.15) is 5.26 Å². The zero-order valence-electron chi connectivity index (χ0n) is 18.1. The van der Waals surface area contributed by atoms with Crippen molar-refractivity contribution in [3.8, 4) is 11.8 Å². The van der Waals surface area contributed by atoms with Gasteiger partial charge in [0.15, 0.2) is 6.61 Å². The van der Waals surface area contributed by atoms with Crippen LogP contribution in [0, 0.1) is 18.3 Å². The molecule has 8 heteroatoms. The van der Waals surface area contributed by atoms with Crippen LogP contribution >= 0.6 is 0 Å². The van der Waals surface area contributed by atoms with Crippen molar-refractivity contribution in [2.75, 3.05) is 11.9 Å². The Hall–Kier alpha value is -4.90. The number of carbonyl (C=O) groups is 2. The van der Waals surface area contributed by atoms with Gasteiger partial charge >= 0.3 is 5.97 Å². The number of ether oxygens (including phenoxy) is 1. The number of benzene rings is 3. The van der Waals surface area contributed by atoms with Gasteiger partial charge in [0.2, 0.25) is 5.76 Å². The highest BCUT2D eigenvalue weighted by molar-refractivity contribution is 6.04. The minimum Gasteiger partial charge on any atom is -0.452 e. The largest absolute Gasteiger partial charge is 0.452 e. The second-order valence-electron chi connectivity index (χ2n) is 7.57. The van der Waals surface area contributed by atoms with E-state index in [0.717, 1.165) is 17.0 Å². The Morgan fingerprint density at radius 3 is 2.65 bits per heavy atom. The first-order chi connectivity index (χ1) is 16.5. The van der Waals surface area contributed by atoms with Crippen molar-refractivity contribution >= 4 is 39.6 Å². The van der Waals surface area contributed by atoms with Crippen LogP contribution in [0.4, 0.5) is 5.69 Å². The fourth-order valence-corrected chi connectivity index (χ4v) is 3.87. The van der Waals surface area contributed by atoms with Crippen molar-refractivity contribution in [2.24, 2.45) is 0 Å². The van der Waals surface area contributed by atoms with Gasteiger partial charge in [-0.15, -0.1) is 0 Å². The average molecular weight is 450 g/mol. The molecule has 0 atom stereocenters. The Labute approximate surface area is 194 Å². The van der Waals surface area contributed by atoms with E-state index in [1.807, 2.05) is 47.9 Å². The topological polar surface area (TPSA) is 110 Å². The van der Waals surface area contributed by atoms with Gasteiger partial charge in [0.25, 0.3) is 5.91 Å². The van der Waals surface area contributed by atoms with E-state index in [9.17, 15) is 14.9 Å². The number of hydrogen-bond donors (Lipinski definition) is 1. The molecule has 2 aromatic heterocycles. The molecule has 0 saturated heterocycles. The number of aromatic nitrogens is 2. The number of para-hydroxylation sites is 2. The zero-order valence-corrected chi connectivity index (χ0v) is 18.1. The average Bonchev–Trinajstić information content (AvgIpc) is 3.38. The maximum atomic E-state index is 12.6. The van der Waals surface area contributed by atoms with E-state index in [2.05, 4.69) is 10.3 Å². The number of carbonyl (C=O) groups excluding carboxylic acids is 2. The smallest absolute Gasteiger partial charge is 0.338 e. The third-order valence-corrected chi connectivity index (χ3v) is 5.37. The lowest BCUT2D eigenvalue weighted by molar-refractivity contribution is -0.119. The number of hydrogen-bond acceptors (Lipinski definition) is 6. The zero-order chi connectivity index (χ0) is 23.7. The van der Waals surface area contributed by atoms with Crippen LogP contribution in [-0.2, 0) is 9.53 Å². The molecule has 0 unspecified atom stereocenters. The SMILES string of the molecule is Cc1nc2cc(C(=O)OCC(=O)Nc3c(C#N)oc4ccccc34)ccc2n1-c1ccccc1. The number of nitrogens with zero attached hydrogens (tertiary/aromatic N) is 3. The Kier molecular flexibility index (Phi) is 5.28. The van der Waals surface area contributed by atoms with E-state index in [1.165, 1.54) is 0 Å². The van der Waals surface area contributed by atoms with Crippen molar-refractivity contribution in [1.82, 2.24) is 9.55 Å². The molecule has 3 aromatic carbocycles. The fourth-order valence-electron chi connectivity index (χ4n) is 3.87. The summed E-state index contributed by atoms with van der Waals surface area (Å²) in [6.07, 6.45) is 0. The number of fused-ring (bicyclic) bond motifs is 2. The number of nitriles is 1. The van der Waals surface area contributed by atoms with E-state index >= 15 is 0 Å². The standard InChI is InChI=1S/C26H18N4O4/c1-16-28-20-13-17(11-12-21(20)30(16)18-7-3-2-4-8-18)26(32)33-15-24(31)29-25-19-9-5-6-10-22(19)34-23(25)14-27/h2-13H,15H2,1H3,(H,29,31). The molecule has 0 fully saturated rings. The van der Waals surface area contributed by atoms with Gasteiger partial charge in [0, 0.05) is 11.1 Å². The molecular weight excluding hydrogens is 432 g/mol. The maximum absolute atomic E-state index is 12.6. The van der Waals surface area contributed by atoms with Crippen LogP contribution in [0.5, 0.6) is 0 Å². The van der Waals surface area contributed by atoms with Gasteiger partial charge in [-0.05, 0) is 49.4 Å². The molecule has 1 amide bonds. The highest BCUT2D eigenvalue weighted by Gasteiger charge is 2.18. The van der Waals surface area contributed by atoms with Crippen molar-refractivity contribution in [2.45, 2.75) is 6.92 Å². The maximum Gasteiger partial charge on any atom is 0.338 e. The molecule has 0 aliphatic heterocycles. The summed E-state index contributed by atoms with van der Waals surface area (Å²) in [7, 11) is 0. The van der Waals surface area contributed by atoms with Gasteiger partial charge in [0.1, 0.15) is 23.2 Å². The Morgan fingerprint density at radius 2 is 1.85 bits per heavy atom. The number of rotatable bonds is 5. The molecule has 0 aliphatic carbocycles. The van der Waals surface area contributed by atoms with Crippen LogP contribution in [0.25, 0.3) is 27.7 Å². The predicted octanol–water partition coefficient (Wildman–Crippen LogP) is 4.75. The number of amides is 1. The summed E-state index contributed by atoms with van der Waals surface area (Å²) >= 11 is 0. The van der Waals surface area contributed by atoms with Gasteiger partial charge < -0.3 is 14.5 Å². The van der Waals surface area contributed by atoms with Crippen LogP contribution in [-0.4, -0.2) is 28.0 Å². The van der Waals surface area contributed by atoms with E-state index in [4.69, 9.17) is 9.15 Å². The Balaban J connectivity index is 1.31. The molecule has 0 aliphatic rings. The molecule has 0 saturated carbocycles. The summed E-state index contributed by atoms with van der Waals surface area (Å²) < 4.78 is 12.6. The minimum absolute atomic E-state index is 0.0179. The molecule has 1 N–H and O–H groups in total. The van der Waals surface area contributed by atoms with E-state index in [0.29, 0.717) is 16.5 Å². The molecule has 5 aromatic rings. The monoisotopic (exact) mass is 450 g/mol. The fraction of sp³-hybridized carbons (Fsp3) is 0.0769. The second kappa shape index (κ2) is 8.56. The Morgan fingerprint density at radius 1 is 1.09 bits per heavy atom. The third kappa shape index (κ3) is 3.76. The third-order valence-electron chi connectivity index (χ3n) is 5.37. The van der Waals surface area contributed by atoms with Gasteiger partial charge in [0.05, 0.1) is 16.6 Å². The highest BCUT2D eigenvalue weighted by Crippen LogP contribution is 2.30. The quantitative estimate of drug-likeness (QED) is 0.387. The number of anilines is 1. The lowest BCUT2D eigenvalue weighted by atomic mass is 10.2. The molecule has 0 spiro atoms. The molecule has 5 rings (SSSR count). The van der Waals surface area contributed by atoms with Crippen LogP contribution in [0.3, 0.4) is 0 Å². The van der Waals surface area contributed by atoms with Crippen molar-refractivity contribution < 1.29 is 18.7 Å². The van der Waals surface area contributed by atoms with Crippen LogP contribution in [0.15, 0.2) is 77.2 Å². The van der Waals surface area contributed by atoms with Crippen LogP contribution < -0.4 is 5.32 Å². The predicted molar refractivity (Wildman–Crippen MR) is 126 cm³/mol. The number of furan rings is 1. The van der Waals surface area contributed by atoms with Crippen LogP contribution in [0.2, 0.25) is 0 Å². The molecule has 0 radical (unpaired) electrons. The summed E-state index contributed by atoms with van der Waals surface area (Å²) in [6, 6.07) is 23.8. The minimum atomic E-state index is -0.651. The Bertz CT molecular complexity index is 1590. The van der Waals surface area contributed by atoms with Crippen molar-refractivity contribution in [1.29, 1.82) is 5.26 Å². The van der Waals surface area contributed by atoms with E-state index < -0.39 is 18.5 Å². The molecule has 8 nitrogen and oxygen atoms in total. The number of nitrogens with one attached hydrogen (secondary N) is 1. The van der Waals surface area contributed by atoms with E-state index in [-0.39, 0.29) is 17.0 Å². The summed E-state index contributed by atoms with van der Waals surface area (Å²) in [5.41, 5.74) is 3.48. The summed E-state index contributed by atoms with van der Waals surface area (Å²) in [6.45, 7) is 1.38. The van der Waals surface area contributed by atoms with Gasteiger partial charge in [-0.1, -0.05) is 30.3 Å². The summed E-state index contributed by atoms with van der Waals surface area (Å²) in [4.78, 5) is 29.6. The normalized spacial score (nSPS) is 10.8. The first kappa shape index (κ1) is 21.0. The summed E-state index contributed by atoms with van der Waals surface area (Å²) in [5.74, 6) is -0.467. The highest BCUT2D eigenvalue weighted by atomic mass is 16.5. The lowest BCUT2D eigenvalue weighted by Crippen LogP contribution is -2.21. The number of imidazole rings is 1. The second-order valence-corrected chi connectivity index (χ2v) is 7.57. The van der Waals surface area contributed by atoms with Gasteiger partial charge in [-0.3, -0.25) is 9.36 Å².